The molecule has 0 aromatic carbocycles. The summed E-state index contributed by atoms with van der Waals surface area (Å²) >= 11 is 0. The van der Waals surface area contributed by atoms with Gasteiger partial charge in [-0.1, -0.05) is 0 Å². The highest BCUT2D eigenvalue weighted by Crippen LogP contribution is 2.22. The first kappa shape index (κ1) is 14.0. The SMILES string of the molecule is Cc1c(CN2CCC(N3CCC(N)CC3)C2)cnn1C. The normalized spacial score (nSPS) is 26.4. The van der Waals surface area contributed by atoms with Gasteiger partial charge < -0.3 is 5.73 Å². The minimum absolute atomic E-state index is 0.432. The van der Waals surface area contributed by atoms with Crippen LogP contribution in [-0.2, 0) is 13.6 Å². The van der Waals surface area contributed by atoms with Crippen molar-refractivity contribution in [3.63, 3.8) is 0 Å². The van der Waals surface area contributed by atoms with Crippen molar-refractivity contribution in [2.45, 2.75) is 44.8 Å². The molecule has 5 nitrogen and oxygen atoms in total. The number of piperidine rings is 1. The molecular weight excluding hydrogens is 250 g/mol. The number of aryl methyl sites for hydroxylation is 1. The van der Waals surface area contributed by atoms with E-state index >= 15 is 0 Å². The van der Waals surface area contributed by atoms with Gasteiger partial charge in [0.25, 0.3) is 0 Å². The zero-order chi connectivity index (χ0) is 14.1. The molecule has 2 saturated heterocycles. The van der Waals surface area contributed by atoms with E-state index in [-0.39, 0.29) is 0 Å². The van der Waals surface area contributed by atoms with E-state index in [9.17, 15) is 0 Å². The second kappa shape index (κ2) is 5.84. The molecule has 3 rings (SSSR count). The van der Waals surface area contributed by atoms with Gasteiger partial charge in [-0.05, 0) is 39.3 Å². The molecule has 2 fully saturated rings. The first-order valence-corrected chi connectivity index (χ1v) is 7.83. The minimum Gasteiger partial charge on any atom is -0.328 e. The first-order chi connectivity index (χ1) is 9.63. The number of likely N-dealkylation sites (tertiary alicyclic amines) is 2. The van der Waals surface area contributed by atoms with Gasteiger partial charge in [0.05, 0.1) is 6.20 Å². The maximum atomic E-state index is 6.00. The second-order valence-corrected chi connectivity index (χ2v) is 6.43. The van der Waals surface area contributed by atoms with Gasteiger partial charge in [0.2, 0.25) is 0 Å². The van der Waals surface area contributed by atoms with Crippen LogP contribution in [0.15, 0.2) is 6.20 Å². The Morgan fingerprint density at radius 3 is 2.65 bits per heavy atom. The zero-order valence-electron chi connectivity index (χ0n) is 12.8. The van der Waals surface area contributed by atoms with Crippen LogP contribution >= 0.6 is 0 Å². The third kappa shape index (κ3) is 2.90. The Bertz CT molecular complexity index is 447. The van der Waals surface area contributed by atoms with Crippen molar-refractivity contribution < 1.29 is 0 Å². The predicted molar refractivity (Wildman–Crippen MR) is 80.4 cm³/mol. The fourth-order valence-corrected chi connectivity index (χ4v) is 3.48. The van der Waals surface area contributed by atoms with E-state index in [1.807, 2.05) is 17.9 Å². The minimum atomic E-state index is 0.432. The van der Waals surface area contributed by atoms with Crippen LogP contribution in [0.5, 0.6) is 0 Å². The first-order valence-electron chi connectivity index (χ1n) is 7.83. The molecule has 0 spiro atoms. The molecule has 2 aliphatic rings. The van der Waals surface area contributed by atoms with Gasteiger partial charge in [-0.25, -0.2) is 0 Å². The van der Waals surface area contributed by atoms with Crippen molar-refractivity contribution in [2.75, 3.05) is 26.2 Å². The van der Waals surface area contributed by atoms with Crippen LogP contribution < -0.4 is 5.73 Å². The van der Waals surface area contributed by atoms with Crippen LogP contribution in [0.3, 0.4) is 0 Å². The van der Waals surface area contributed by atoms with E-state index in [1.165, 1.54) is 43.9 Å². The van der Waals surface area contributed by atoms with Gasteiger partial charge in [0.1, 0.15) is 0 Å². The van der Waals surface area contributed by atoms with E-state index in [2.05, 4.69) is 21.8 Å². The lowest BCUT2D eigenvalue weighted by Gasteiger charge is -2.34. The summed E-state index contributed by atoms with van der Waals surface area (Å²) in [6, 6.07) is 1.17. The Morgan fingerprint density at radius 2 is 2.00 bits per heavy atom. The van der Waals surface area contributed by atoms with Crippen LogP contribution in [0.4, 0.5) is 0 Å². The molecule has 3 heterocycles. The highest BCUT2D eigenvalue weighted by atomic mass is 15.3. The van der Waals surface area contributed by atoms with E-state index < -0.39 is 0 Å². The van der Waals surface area contributed by atoms with Crippen molar-refractivity contribution in [3.05, 3.63) is 17.5 Å². The average molecular weight is 277 g/mol. The van der Waals surface area contributed by atoms with E-state index in [4.69, 9.17) is 5.73 Å². The standard InChI is InChI=1S/C15H27N5/c1-12-13(9-17-18(12)2)10-19-6-5-15(11-19)20-7-3-14(16)4-8-20/h9,14-15H,3-8,10-11,16H2,1-2H3. The van der Waals surface area contributed by atoms with Crippen LogP contribution in [0.25, 0.3) is 0 Å². The molecular formula is C15H27N5. The maximum Gasteiger partial charge on any atom is 0.0537 e. The van der Waals surface area contributed by atoms with E-state index in [0.29, 0.717) is 6.04 Å². The van der Waals surface area contributed by atoms with Gasteiger partial charge in [-0.3, -0.25) is 14.5 Å². The largest absolute Gasteiger partial charge is 0.328 e. The molecule has 20 heavy (non-hydrogen) atoms. The lowest BCUT2D eigenvalue weighted by Crippen LogP contribution is -2.46. The summed E-state index contributed by atoms with van der Waals surface area (Å²) in [5.74, 6) is 0. The molecule has 2 N–H and O–H groups in total. The molecule has 1 atom stereocenters. The number of hydrogen-bond acceptors (Lipinski definition) is 4. The molecule has 2 aliphatic heterocycles. The molecule has 112 valence electrons. The second-order valence-electron chi connectivity index (χ2n) is 6.43. The molecule has 0 radical (unpaired) electrons. The fraction of sp³-hybridized carbons (Fsp3) is 0.800. The molecule has 0 aliphatic carbocycles. The van der Waals surface area contributed by atoms with E-state index in [0.717, 1.165) is 25.4 Å². The lowest BCUT2D eigenvalue weighted by atomic mass is 10.0. The topological polar surface area (TPSA) is 50.3 Å². The van der Waals surface area contributed by atoms with Crippen molar-refractivity contribution >= 4 is 0 Å². The number of nitrogens with zero attached hydrogens (tertiary/aromatic N) is 4. The molecule has 1 aromatic rings. The molecule has 0 bridgehead atoms. The van der Waals surface area contributed by atoms with E-state index in [1.54, 1.807) is 0 Å². The summed E-state index contributed by atoms with van der Waals surface area (Å²) in [4.78, 5) is 5.22. The monoisotopic (exact) mass is 277 g/mol. The van der Waals surface area contributed by atoms with Crippen molar-refractivity contribution in [2.24, 2.45) is 12.8 Å². The molecule has 0 amide bonds. The summed E-state index contributed by atoms with van der Waals surface area (Å²) in [6.45, 7) is 7.98. The third-order valence-corrected chi connectivity index (χ3v) is 5.07. The number of aromatic nitrogens is 2. The summed E-state index contributed by atoms with van der Waals surface area (Å²) in [5, 5.41) is 4.34. The van der Waals surface area contributed by atoms with Crippen molar-refractivity contribution in [1.82, 2.24) is 19.6 Å². The number of hydrogen-bond donors (Lipinski definition) is 1. The summed E-state index contributed by atoms with van der Waals surface area (Å²) < 4.78 is 1.97. The Labute approximate surface area is 121 Å². The number of nitrogens with two attached hydrogens (primary N) is 1. The van der Waals surface area contributed by atoms with Crippen molar-refractivity contribution in [1.29, 1.82) is 0 Å². The van der Waals surface area contributed by atoms with Gasteiger partial charge in [0.15, 0.2) is 0 Å². The molecule has 0 saturated carbocycles. The highest BCUT2D eigenvalue weighted by Gasteiger charge is 2.30. The average Bonchev–Trinajstić information content (AvgIpc) is 3.02. The predicted octanol–water partition coefficient (Wildman–Crippen LogP) is 0.726. The van der Waals surface area contributed by atoms with Gasteiger partial charge >= 0.3 is 0 Å². The Hall–Kier alpha value is -0.910. The number of rotatable bonds is 3. The smallest absolute Gasteiger partial charge is 0.0537 e. The zero-order valence-corrected chi connectivity index (χ0v) is 12.8. The van der Waals surface area contributed by atoms with Crippen LogP contribution in [0, 0.1) is 6.92 Å². The van der Waals surface area contributed by atoms with Crippen LogP contribution in [0.1, 0.15) is 30.5 Å². The molecule has 5 heteroatoms. The third-order valence-electron chi connectivity index (χ3n) is 5.07. The lowest BCUT2D eigenvalue weighted by molar-refractivity contribution is 0.151. The molecule has 1 unspecified atom stereocenters. The Morgan fingerprint density at radius 1 is 1.25 bits per heavy atom. The van der Waals surface area contributed by atoms with Gasteiger partial charge in [-0.2, -0.15) is 5.10 Å². The van der Waals surface area contributed by atoms with Gasteiger partial charge in [-0.15, -0.1) is 0 Å². The van der Waals surface area contributed by atoms with Crippen LogP contribution in [0.2, 0.25) is 0 Å². The fourth-order valence-electron chi connectivity index (χ4n) is 3.48. The highest BCUT2D eigenvalue weighted by molar-refractivity contribution is 5.15. The van der Waals surface area contributed by atoms with Crippen molar-refractivity contribution in [3.8, 4) is 0 Å². The summed E-state index contributed by atoms with van der Waals surface area (Å²) in [6.07, 6.45) is 5.65. The molecule has 1 aromatic heterocycles. The Kier molecular flexibility index (Phi) is 4.10. The summed E-state index contributed by atoms with van der Waals surface area (Å²) in [7, 11) is 2.02. The summed E-state index contributed by atoms with van der Waals surface area (Å²) in [5.41, 5.74) is 8.66. The maximum absolute atomic E-state index is 6.00. The van der Waals surface area contributed by atoms with Gasteiger partial charge in [0, 0.05) is 50.0 Å². The Balaban J connectivity index is 1.53. The van der Waals surface area contributed by atoms with Crippen LogP contribution in [-0.4, -0.2) is 57.8 Å². The quantitative estimate of drug-likeness (QED) is 0.885.